The summed E-state index contributed by atoms with van der Waals surface area (Å²) in [6.07, 6.45) is 2.90. The Morgan fingerprint density at radius 1 is 1.36 bits per heavy atom. The van der Waals surface area contributed by atoms with Crippen LogP contribution in [0.1, 0.15) is 18.4 Å². The number of piperidine rings is 1. The fourth-order valence-electron chi connectivity index (χ4n) is 3.08. The van der Waals surface area contributed by atoms with Crippen molar-refractivity contribution < 1.29 is 4.39 Å². The van der Waals surface area contributed by atoms with E-state index in [0.29, 0.717) is 13.1 Å². The predicted molar refractivity (Wildman–Crippen MR) is 91.6 cm³/mol. The van der Waals surface area contributed by atoms with Crippen molar-refractivity contribution in [3.63, 3.8) is 0 Å². The molecule has 0 amide bonds. The fourth-order valence-corrected chi connectivity index (χ4v) is 3.60. The number of fused-ring (bicyclic) bond motifs is 1. The van der Waals surface area contributed by atoms with E-state index in [9.17, 15) is 4.39 Å². The Kier molecular flexibility index (Phi) is 5.39. The van der Waals surface area contributed by atoms with E-state index in [1.807, 2.05) is 12.1 Å². The van der Waals surface area contributed by atoms with E-state index in [1.165, 1.54) is 0 Å². The van der Waals surface area contributed by atoms with Gasteiger partial charge >= 0.3 is 0 Å². The second-order valence-electron chi connectivity index (χ2n) is 5.87. The summed E-state index contributed by atoms with van der Waals surface area (Å²) in [5, 5.41) is 7.64. The number of alkyl halides is 1. The normalized spacial score (nSPS) is 17.7. The van der Waals surface area contributed by atoms with Gasteiger partial charge in [0.05, 0.1) is 5.52 Å². The second-order valence-corrected chi connectivity index (χ2v) is 6.79. The predicted octanol–water partition coefficient (Wildman–Crippen LogP) is 3.42. The molecule has 0 aliphatic carbocycles. The van der Waals surface area contributed by atoms with Crippen LogP contribution in [0.3, 0.4) is 0 Å². The highest BCUT2D eigenvalue weighted by atomic mass is 79.9. The molecule has 118 valence electrons. The topological polar surface area (TPSA) is 37.0 Å². The Bertz CT molecular complexity index is 628. The van der Waals surface area contributed by atoms with Crippen molar-refractivity contribution in [1.29, 1.82) is 0 Å². The van der Waals surface area contributed by atoms with Crippen LogP contribution in [0, 0.1) is 5.92 Å². The number of nitrogens with zero attached hydrogens (tertiary/aromatic N) is 1. The van der Waals surface area contributed by atoms with E-state index in [2.05, 4.69) is 43.7 Å². The lowest BCUT2D eigenvalue weighted by atomic mass is 9.93. The van der Waals surface area contributed by atoms with Gasteiger partial charge < -0.3 is 10.6 Å². The third-order valence-corrected chi connectivity index (χ3v) is 4.76. The molecule has 1 saturated heterocycles. The first kappa shape index (κ1) is 15.8. The largest absolute Gasteiger partial charge is 0.317 e. The van der Waals surface area contributed by atoms with Crippen LogP contribution < -0.4 is 10.6 Å². The molecule has 3 nitrogen and oxygen atoms in total. The molecule has 2 N–H and O–H groups in total. The summed E-state index contributed by atoms with van der Waals surface area (Å²) in [5.41, 5.74) is 2.08. The van der Waals surface area contributed by atoms with Crippen LogP contribution in [0.25, 0.3) is 10.9 Å². The molecule has 3 rings (SSSR count). The van der Waals surface area contributed by atoms with Gasteiger partial charge in [-0.1, -0.05) is 22.0 Å². The van der Waals surface area contributed by atoms with Crippen molar-refractivity contribution in [1.82, 2.24) is 15.6 Å². The average Bonchev–Trinajstić information content (AvgIpc) is 2.55. The lowest BCUT2D eigenvalue weighted by molar-refractivity contribution is 0.183. The minimum absolute atomic E-state index is 0.186. The number of aromatic nitrogens is 1. The molecule has 1 unspecified atom stereocenters. The maximum absolute atomic E-state index is 14.3. The molecule has 2 heterocycles. The Hall–Kier alpha value is -1.04. The number of benzene rings is 1. The lowest BCUT2D eigenvalue weighted by Crippen LogP contribution is -2.37. The van der Waals surface area contributed by atoms with Crippen LogP contribution in [-0.4, -0.2) is 30.8 Å². The summed E-state index contributed by atoms with van der Waals surface area (Å²) in [6, 6.07) is 8.09. The molecule has 0 saturated carbocycles. The smallest absolute Gasteiger partial charge is 0.115 e. The zero-order valence-electron chi connectivity index (χ0n) is 12.5. The van der Waals surface area contributed by atoms with Crippen molar-refractivity contribution in [3.05, 3.63) is 40.5 Å². The van der Waals surface area contributed by atoms with Crippen molar-refractivity contribution in [3.8, 4) is 0 Å². The molecule has 1 aromatic heterocycles. The van der Waals surface area contributed by atoms with Gasteiger partial charge in [-0.3, -0.25) is 4.98 Å². The Labute approximate surface area is 138 Å². The van der Waals surface area contributed by atoms with Crippen LogP contribution in [0.4, 0.5) is 4.39 Å². The summed E-state index contributed by atoms with van der Waals surface area (Å²) in [4.78, 5) is 4.45. The molecular formula is C17H21BrFN3. The Morgan fingerprint density at radius 3 is 3.00 bits per heavy atom. The quantitative estimate of drug-likeness (QED) is 0.852. The van der Waals surface area contributed by atoms with Gasteiger partial charge in [0.15, 0.2) is 0 Å². The number of hydrogen-bond donors (Lipinski definition) is 2. The fraction of sp³-hybridized carbons (Fsp3) is 0.471. The maximum atomic E-state index is 14.3. The molecule has 1 atom stereocenters. The minimum atomic E-state index is -0.770. The highest BCUT2D eigenvalue weighted by Crippen LogP contribution is 2.23. The van der Waals surface area contributed by atoms with Crippen molar-refractivity contribution >= 4 is 26.8 Å². The molecule has 22 heavy (non-hydrogen) atoms. The van der Waals surface area contributed by atoms with Crippen LogP contribution in [0.15, 0.2) is 34.9 Å². The summed E-state index contributed by atoms with van der Waals surface area (Å²) in [5.74, 6) is 0.186. The Morgan fingerprint density at radius 2 is 2.18 bits per heavy atom. The van der Waals surface area contributed by atoms with E-state index >= 15 is 0 Å². The van der Waals surface area contributed by atoms with E-state index in [-0.39, 0.29) is 5.92 Å². The molecule has 1 aromatic carbocycles. The van der Waals surface area contributed by atoms with Gasteiger partial charge in [0.1, 0.15) is 6.17 Å². The molecule has 0 spiro atoms. The summed E-state index contributed by atoms with van der Waals surface area (Å²) < 4.78 is 15.3. The standard InChI is InChI=1S/C17H21BrFN3/c18-15-8-13-2-1-5-22-17(13)14(9-15)10-21-11-16(19)12-3-6-20-7-4-12/h1-2,5,8-9,12,16,20-21H,3-4,6-7,10-11H2. The number of rotatable bonds is 5. The first-order valence-electron chi connectivity index (χ1n) is 7.82. The highest BCUT2D eigenvalue weighted by molar-refractivity contribution is 9.10. The summed E-state index contributed by atoms with van der Waals surface area (Å²) in [7, 11) is 0. The van der Waals surface area contributed by atoms with Crippen LogP contribution in [-0.2, 0) is 6.54 Å². The molecule has 0 bridgehead atoms. The van der Waals surface area contributed by atoms with E-state index in [1.54, 1.807) is 6.20 Å². The first-order chi connectivity index (χ1) is 10.7. The molecule has 1 fully saturated rings. The highest BCUT2D eigenvalue weighted by Gasteiger charge is 2.22. The first-order valence-corrected chi connectivity index (χ1v) is 8.62. The molecular weight excluding hydrogens is 345 g/mol. The SMILES string of the molecule is FC(CNCc1cc(Br)cc2cccnc12)C1CCNCC1. The van der Waals surface area contributed by atoms with Crippen molar-refractivity contribution in [2.75, 3.05) is 19.6 Å². The lowest BCUT2D eigenvalue weighted by Gasteiger charge is -2.26. The van der Waals surface area contributed by atoms with Gasteiger partial charge in [0.2, 0.25) is 0 Å². The second kappa shape index (κ2) is 7.49. The third-order valence-electron chi connectivity index (χ3n) is 4.30. The zero-order chi connectivity index (χ0) is 15.4. The van der Waals surface area contributed by atoms with Gasteiger partial charge in [0, 0.05) is 29.1 Å². The van der Waals surface area contributed by atoms with Crippen molar-refractivity contribution in [2.24, 2.45) is 5.92 Å². The zero-order valence-corrected chi connectivity index (χ0v) is 14.1. The van der Waals surface area contributed by atoms with Gasteiger partial charge in [-0.25, -0.2) is 4.39 Å². The van der Waals surface area contributed by atoms with Crippen LogP contribution >= 0.6 is 15.9 Å². The maximum Gasteiger partial charge on any atom is 0.115 e. The van der Waals surface area contributed by atoms with Crippen LogP contribution in [0.5, 0.6) is 0 Å². The van der Waals surface area contributed by atoms with E-state index in [4.69, 9.17) is 0 Å². The minimum Gasteiger partial charge on any atom is -0.317 e. The molecule has 0 radical (unpaired) electrons. The summed E-state index contributed by atoms with van der Waals surface area (Å²) >= 11 is 3.53. The van der Waals surface area contributed by atoms with Crippen LogP contribution in [0.2, 0.25) is 0 Å². The molecule has 1 aliphatic heterocycles. The Balaban J connectivity index is 1.61. The summed E-state index contributed by atoms with van der Waals surface area (Å²) in [6.45, 7) is 2.92. The molecule has 2 aromatic rings. The molecule has 5 heteroatoms. The van der Waals surface area contributed by atoms with Gasteiger partial charge in [-0.05, 0) is 55.6 Å². The third kappa shape index (κ3) is 3.83. The van der Waals surface area contributed by atoms with Crippen molar-refractivity contribution in [2.45, 2.75) is 25.6 Å². The number of hydrogen-bond acceptors (Lipinski definition) is 3. The average molecular weight is 366 g/mol. The monoisotopic (exact) mass is 365 g/mol. The van der Waals surface area contributed by atoms with E-state index in [0.717, 1.165) is 46.9 Å². The van der Waals surface area contributed by atoms with Gasteiger partial charge in [-0.15, -0.1) is 0 Å². The number of halogens is 2. The van der Waals surface area contributed by atoms with Gasteiger partial charge in [-0.2, -0.15) is 0 Å². The van der Waals surface area contributed by atoms with Gasteiger partial charge in [0.25, 0.3) is 0 Å². The van der Waals surface area contributed by atoms with E-state index < -0.39 is 6.17 Å². The number of nitrogens with one attached hydrogen (secondary N) is 2. The molecule has 1 aliphatic rings. The number of pyridine rings is 1.